The molecule has 0 spiro atoms. The van der Waals surface area contributed by atoms with Crippen LogP contribution in [-0.4, -0.2) is 67.2 Å². The zero-order valence-corrected chi connectivity index (χ0v) is 14.2. The summed E-state index contributed by atoms with van der Waals surface area (Å²) in [7, 11) is 0. The highest BCUT2D eigenvalue weighted by Gasteiger charge is 2.41. The average Bonchev–Trinajstić information content (AvgIpc) is 3.01. The van der Waals surface area contributed by atoms with Gasteiger partial charge in [0.05, 0.1) is 25.6 Å². The van der Waals surface area contributed by atoms with Crippen molar-refractivity contribution < 1.29 is 24.1 Å². The largest absolute Gasteiger partial charge is 0.394 e. The van der Waals surface area contributed by atoms with Crippen LogP contribution < -0.4 is 10.9 Å². The van der Waals surface area contributed by atoms with E-state index in [2.05, 4.69) is 20.3 Å². The van der Waals surface area contributed by atoms with Gasteiger partial charge >= 0.3 is 0 Å². The van der Waals surface area contributed by atoms with Crippen LogP contribution in [0.15, 0.2) is 11.1 Å². The number of halogens is 1. The van der Waals surface area contributed by atoms with E-state index >= 15 is 0 Å². The molecule has 26 heavy (non-hydrogen) atoms. The highest BCUT2D eigenvalue weighted by atomic mass is 19.1. The number of aromatic amines is 1. The number of aliphatic hydroxyl groups is 2. The highest BCUT2D eigenvalue weighted by molar-refractivity contribution is 5.91. The van der Waals surface area contributed by atoms with Crippen molar-refractivity contribution in [1.29, 1.82) is 0 Å². The van der Waals surface area contributed by atoms with Crippen molar-refractivity contribution in [3.8, 4) is 0 Å². The second-order valence-electron chi connectivity index (χ2n) is 6.44. The summed E-state index contributed by atoms with van der Waals surface area (Å²) in [5.74, 6) is -0.749. The van der Waals surface area contributed by atoms with Gasteiger partial charge < -0.3 is 19.5 Å². The van der Waals surface area contributed by atoms with Crippen molar-refractivity contribution in [2.45, 2.75) is 38.3 Å². The molecule has 4 atom stereocenters. The molecule has 142 valence electrons. The van der Waals surface area contributed by atoms with Crippen LogP contribution in [-0.2, 0) is 9.53 Å². The Kier molecular flexibility index (Phi) is 5.03. The molecule has 11 heteroatoms. The molecule has 0 radical (unpaired) electrons. The molecular weight excluding hydrogens is 349 g/mol. The number of ether oxygens (including phenoxy) is 1. The molecule has 1 saturated heterocycles. The summed E-state index contributed by atoms with van der Waals surface area (Å²) in [6.45, 7) is 2.71. The molecule has 10 nitrogen and oxygen atoms in total. The monoisotopic (exact) mass is 369 g/mol. The molecule has 0 aromatic carbocycles. The third-order valence-corrected chi connectivity index (χ3v) is 4.29. The van der Waals surface area contributed by atoms with E-state index in [0.29, 0.717) is 0 Å². The quantitative estimate of drug-likeness (QED) is 0.561. The van der Waals surface area contributed by atoms with Gasteiger partial charge in [0.2, 0.25) is 11.9 Å². The van der Waals surface area contributed by atoms with Gasteiger partial charge in [-0.1, -0.05) is 13.8 Å². The predicted molar refractivity (Wildman–Crippen MR) is 88.4 cm³/mol. The van der Waals surface area contributed by atoms with Crippen LogP contribution in [0.4, 0.5) is 10.3 Å². The van der Waals surface area contributed by atoms with Gasteiger partial charge in [-0.15, -0.1) is 0 Å². The summed E-state index contributed by atoms with van der Waals surface area (Å²) in [6, 6.07) is -0.985. The number of carbonyl (C=O) groups excluding carboxylic acids is 1. The summed E-state index contributed by atoms with van der Waals surface area (Å²) >= 11 is 0. The number of nitrogens with zero attached hydrogens (tertiary/aromatic N) is 3. The van der Waals surface area contributed by atoms with E-state index in [1.54, 1.807) is 13.8 Å². The molecule has 0 aliphatic carbocycles. The molecule has 1 fully saturated rings. The van der Waals surface area contributed by atoms with Gasteiger partial charge in [0.1, 0.15) is 12.2 Å². The minimum atomic E-state index is -1.76. The Morgan fingerprint density at radius 3 is 2.96 bits per heavy atom. The van der Waals surface area contributed by atoms with Crippen LogP contribution in [0.2, 0.25) is 0 Å². The number of hydrogen-bond acceptors (Lipinski definition) is 7. The number of amides is 1. The topological polar surface area (TPSA) is 142 Å². The fraction of sp³-hybridized carbons (Fsp3) is 0.600. The summed E-state index contributed by atoms with van der Waals surface area (Å²) in [4.78, 5) is 34.5. The number of anilines is 1. The fourth-order valence-corrected chi connectivity index (χ4v) is 2.73. The molecular formula is C15H20FN5O5. The summed E-state index contributed by atoms with van der Waals surface area (Å²) in [5, 5.41) is 21.5. The number of alkyl halides is 1. The first kappa shape index (κ1) is 18.4. The first-order valence-electron chi connectivity index (χ1n) is 8.15. The molecule has 3 heterocycles. The molecule has 1 aliphatic rings. The van der Waals surface area contributed by atoms with Crippen molar-refractivity contribution in [3.63, 3.8) is 0 Å². The van der Waals surface area contributed by atoms with Crippen molar-refractivity contribution in [3.05, 3.63) is 16.7 Å². The second-order valence-corrected chi connectivity index (χ2v) is 6.44. The number of fused-ring (bicyclic) bond motifs is 1. The summed E-state index contributed by atoms with van der Waals surface area (Å²) < 4.78 is 21.2. The minimum Gasteiger partial charge on any atom is -0.394 e. The van der Waals surface area contributed by atoms with Gasteiger partial charge in [0, 0.05) is 5.92 Å². The van der Waals surface area contributed by atoms with Crippen LogP contribution in [0.3, 0.4) is 0 Å². The number of carbonyl (C=O) groups is 1. The number of H-pyrrole nitrogens is 1. The minimum absolute atomic E-state index is 0.0292. The van der Waals surface area contributed by atoms with Crippen molar-refractivity contribution >= 4 is 23.0 Å². The summed E-state index contributed by atoms with van der Waals surface area (Å²) in [5.41, 5.74) is -0.564. The van der Waals surface area contributed by atoms with Gasteiger partial charge in [-0.25, -0.2) is 9.37 Å². The second kappa shape index (κ2) is 7.09. The van der Waals surface area contributed by atoms with Crippen LogP contribution in [0, 0.1) is 5.92 Å². The lowest BCUT2D eigenvalue weighted by molar-refractivity contribution is -0.148. The third kappa shape index (κ3) is 3.20. The van der Waals surface area contributed by atoms with E-state index in [0.717, 1.165) is 0 Å². The van der Waals surface area contributed by atoms with Gasteiger partial charge in [0.25, 0.3) is 5.56 Å². The van der Waals surface area contributed by atoms with E-state index in [-0.39, 0.29) is 35.5 Å². The Hall–Kier alpha value is -2.37. The fourth-order valence-electron chi connectivity index (χ4n) is 2.73. The Labute approximate surface area is 147 Å². The number of hydrogen-bond donors (Lipinski definition) is 4. The molecule has 2 aromatic heterocycles. The maximum atomic E-state index is 14.6. The standard InChI is InChI=1S/C15H20FN5O5/c1-6(2)13(24)19-15-18-12-10(14(25)20-15)17-5-21(12)7-4-26-8(3-22)11(23)9(7)16/h5-9,11,22-23H,3-4H2,1-2H3,(H2,18,19,20,24,25)/t7-,8-,9+,11?/m1/s1. The SMILES string of the molecule is CC(C)C(=O)Nc1nc2c(ncn2[C@@H]2CO[C@H](CO)C(O)[C@H]2F)c(=O)[nH]1. The predicted octanol–water partition coefficient (Wildman–Crippen LogP) is -0.655. The van der Waals surface area contributed by atoms with E-state index in [9.17, 15) is 19.1 Å². The number of nitrogens with one attached hydrogen (secondary N) is 2. The van der Waals surface area contributed by atoms with Crippen LogP contribution in [0.25, 0.3) is 11.2 Å². The van der Waals surface area contributed by atoms with E-state index < -0.39 is 36.6 Å². The molecule has 1 aliphatic heterocycles. The molecule has 2 aromatic rings. The first-order valence-corrected chi connectivity index (χ1v) is 8.15. The van der Waals surface area contributed by atoms with Crippen molar-refractivity contribution in [2.24, 2.45) is 5.92 Å². The van der Waals surface area contributed by atoms with Gasteiger partial charge in [-0.3, -0.25) is 19.9 Å². The van der Waals surface area contributed by atoms with Crippen molar-refractivity contribution in [2.75, 3.05) is 18.5 Å². The van der Waals surface area contributed by atoms with Crippen LogP contribution in [0.1, 0.15) is 19.9 Å². The van der Waals surface area contributed by atoms with Crippen molar-refractivity contribution in [1.82, 2.24) is 19.5 Å². The highest BCUT2D eigenvalue weighted by Crippen LogP contribution is 2.29. The number of rotatable bonds is 4. The lowest BCUT2D eigenvalue weighted by Crippen LogP contribution is -2.50. The molecule has 1 amide bonds. The Balaban J connectivity index is 1.98. The van der Waals surface area contributed by atoms with E-state index in [4.69, 9.17) is 9.84 Å². The Morgan fingerprint density at radius 1 is 1.58 bits per heavy atom. The number of imidazole rings is 1. The van der Waals surface area contributed by atoms with Crippen LogP contribution >= 0.6 is 0 Å². The van der Waals surface area contributed by atoms with Gasteiger partial charge in [-0.2, -0.15) is 4.98 Å². The van der Waals surface area contributed by atoms with Gasteiger partial charge in [0.15, 0.2) is 17.3 Å². The normalized spacial score (nSPS) is 26.4. The summed E-state index contributed by atoms with van der Waals surface area (Å²) in [6.07, 6.45) is -3.08. The first-order chi connectivity index (χ1) is 12.3. The number of aromatic nitrogens is 4. The maximum absolute atomic E-state index is 14.6. The third-order valence-electron chi connectivity index (χ3n) is 4.29. The maximum Gasteiger partial charge on any atom is 0.280 e. The lowest BCUT2D eigenvalue weighted by atomic mass is 9.99. The molecule has 4 N–H and O–H groups in total. The van der Waals surface area contributed by atoms with E-state index in [1.807, 2.05) is 0 Å². The number of aliphatic hydroxyl groups excluding tert-OH is 2. The molecule has 1 unspecified atom stereocenters. The zero-order chi connectivity index (χ0) is 19.0. The lowest BCUT2D eigenvalue weighted by Gasteiger charge is -2.36. The molecule has 3 rings (SSSR count). The van der Waals surface area contributed by atoms with Gasteiger partial charge in [-0.05, 0) is 0 Å². The molecule has 0 saturated carbocycles. The smallest absolute Gasteiger partial charge is 0.280 e. The zero-order valence-electron chi connectivity index (χ0n) is 14.2. The average molecular weight is 369 g/mol. The Bertz CT molecular complexity index is 866. The van der Waals surface area contributed by atoms with E-state index in [1.165, 1.54) is 10.9 Å². The Morgan fingerprint density at radius 2 is 2.31 bits per heavy atom. The van der Waals surface area contributed by atoms with Crippen LogP contribution in [0.5, 0.6) is 0 Å². The molecule has 0 bridgehead atoms.